The Morgan fingerprint density at radius 2 is 1.00 bits per heavy atom. The molecule has 0 saturated heterocycles. The molecule has 0 unspecified atom stereocenters. The van der Waals surface area contributed by atoms with Crippen LogP contribution in [0.3, 0.4) is 0 Å². The summed E-state index contributed by atoms with van der Waals surface area (Å²) in [5.74, 6) is 0. The molecule has 0 aromatic rings. The SMILES string of the molecule is [AlH3].[PbH2].[SiH3].[SnH]. The van der Waals surface area contributed by atoms with Gasteiger partial charge in [-0.1, -0.05) is 0 Å². The van der Waals surface area contributed by atoms with Gasteiger partial charge >= 0.3 is 51.2 Å². The molecule has 0 N–H and O–H groups in total. The van der Waals surface area contributed by atoms with Crippen LogP contribution in [0.4, 0.5) is 0 Å². The summed E-state index contributed by atoms with van der Waals surface area (Å²) in [6.07, 6.45) is 0. The molecule has 6 radical (unpaired) electrons. The maximum atomic E-state index is 0. The molecule has 0 aromatic heterocycles. The molecule has 0 aromatic carbocycles. The van der Waals surface area contributed by atoms with Crippen LogP contribution in [-0.4, -0.2) is 79.5 Å². The average molecular weight is 390 g/mol. The second-order valence-corrected chi connectivity index (χ2v) is 0. The van der Waals surface area contributed by atoms with E-state index in [4.69, 9.17) is 0 Å². The Morgan fingerprint density at radius 3 is 1.00 bits per heavy atom. The molecule has 0 bridgehead atoms. The third kappa shape index (κ3) is 8.82. The van der Waals surface area contributed by atoms with Crippen molar-refractivity contribution in [1.29, 1.82) is 0 Å². The minimum atomic E-state index is 0. The molecule has 0 aliphatic rings. The van der Waals surface area contributed by atoms with Gasteiger partial charge in [0.1, 0.15) is 0 Å². The van der Waals surface area contributed by atoms with E-state index in [-0.39, 0.29) is 79.5 Å². The monoisotopic (exact) mass is 392 g/mol. The van der Waals surface area contributed by atoms with Gasteiger partial charge in [0, 0.05) is 0 Å². The van der Waals surface area contributed by atoms with Gasteiger partial charge in [0.2, 0.25) is 0 Å². The van der Waals surface area contributed by atoms with Crippen LogP contribution in [0, 0.1) is 0 Å². The van der Waals surface area contributed by atoms with E-state index in [9.17, 15) is 0 Å². The first-order valence-electron chi connectivity index (χ1n) is 0. The Balaban J connectivity index is 0. The average Bonchev–Trinajstić information content (AvgIpc) is 0. The van der Waals surface area contributed by atoms with Crippen LogP contribution in [0.15, 0.2) is 0 Å². The van der Waals surface area contributed by atoms with Crippen LogP contribution < -0.4 is 0 Å². The molecule has 0 nitrogen and oxygen atoms in total. The Kier molecular flexibility index (Phi) is 142. The fraction of sp³-hybridized carbons (Fsp3) is 0. The molecule has 0 saturated carbocycles. The van der Waals surface area contributed by atoms with Crippen molar-refractivity contribution in [3.05, 3.63) is 0 Å². The second-order valence-electron chi connectivity index (χ2n) is 0. The van der Waals surface area contributed by atoms with Crippen molar-refractivity contribution in [3.63, 3.8) is 0 Å². The molecule has 0 fully saturated rings. The standard InChI is InChI=1S/Al.Pb.H3Si.Sn.6H/h;;1H3;;;;;;;. The number of hydrogen-bond acceptors (Lipinski definition) is 0. The third-order valence-electron chi connectivity index (χ3n) is 0. The molecule has 0 amide bonds. The first-order valence-corrected chi connectivity index (χ1v) is 0. The Hall–Kier alpha value is 2.47. The summed E-state index contributed by atoms with van der Waals surface area (Å²) in [5, 5.41) is 0. The van der Waals surface area contributed by atoms with Crippen molar-refractivity contribution in [1.82, 2.24) is 0 Å². The van der Waals surface area contributed by atoms with E-state index in [1.807, 2.05) is 0 Å². The second kappa shape index (κ2) is 17.9. The van der Waals surface area contributed by atoms with Gasteiger partial charge in [-0.25, -0.2) is 0 Å². The third-order valence-corrected chi connectivity index (χ3v) is 0. The van der Waals surface area contributed by atoms with Crippen LogP contribution in [0.5, 0.6) is 0 Å². The van der Waals surface area contributed by atoms with Crippen molar-refractivity contribution >= 4 is 79.5 Å². The molecule has 0 aliphatic heterocycles. The van der Waals surface area contributed by atoms with Crippen LogP contribution in [0.1, 0.15) is 0 Å². The van der Waals surface area contributed by atoms with Crippen LogP contribution in [-0.2, 0) is 0 Å². The van der Waals surface area contributed by atoms with Gasteiger partial charge < -0.3 is 0 Å². The molecule has 0 heterocycles. The van der Waals surface area contributed by atoms with E-state index < -0.39 is 0 Å². The van der Waals surface area contributed by atoms with Crippen molar-refractivity contribution in [2.24, 2.45) is 0 Å². The van der Waals surface area contributed by atoms with Crippen LogP contribution >= 0.6 is 0 Å². The summed E-state index contributed by atoms with van der Waals surface area (Å²) in [4.78, 5) is 0. The molecule has 0 rings (SSSR count). The summed E-state index contributed by atoms with van der Waals surface area (Å²) in [5.41, 5.74) is 0. The Morgan fingerprint density at radius 1 is 1.00 bits per heavy atom. The molecule has 4 heavy (non-hydrogen) atoms. The van der Waals surface area contributed by atoms with Gasteiger partial charge in [-0.05, 0) is 11.0 Å². The summed E-state index contributed by atoms with van der Waals surface area (Å²) >= 11 is 0. The van der Waals surface area contributed by atoms with Gasteiger partial charge in [-0.3, -0.25) is 0 Å². The van der Waals surface area contributed by atoms with Crippen molar-refractivity contribution in [3.8, 4) is 0 Å². The molecule has 0 spiro atoms. The molecule has 0 aliphatic carbocycles. The van der Waals surface area contributed by atoms with Gasteiger partial charge in [0.15, 0.2) is 17.4 Å². The fourth-order valence-corrected chi connectivity index (χ4v) is 0. The predicted molar refractivity (Wildman–Crippen MR) is 35.6 cm³/mol. The normalized spacial score (nSPS) is 0. The zero-order valence-corrected chi connectivity index (χ0v) is 13.1. The summed E-state index contributed by atoms with van der Waals surface area (Å²) < 4.78 is 0. The van der Waals surface area contributed by atoms with Gasteiger partial charge in [-0.15, -0.1) is 0 Å². The predicted octanol–water partition coefficient (Wildman–Crippen LogP) is -3.93. The Labute approximate surface area is 78.4 Å². The first-order chi connectivity index (χ1) is 0. The van der Waals surface area contributed by atoms with Crippen LogP contribution in [0.25, 0.3) is 0 Å². The summed E-state index contributed by atoms with van der Waals surface area (Å²) in [7, 11) is 0. The maximum absolute atomic E-state index is 0. The molecule has 0 atom stereocenters. The molecular formula is H9AlPbSiSn. The zero-order valence-electron chi connectivity index (χ0n) is 2.28. The van der Waals surface area contributed by atoms with E-state index in [1.165, 1.54) is 0 Å². The van der Waals surface area contributed by atoms with E-state index in [0.717, 1.165) is 0 Å². The van der Waals surface area contributed by atoms with E-state index in [2.05, 4.69) is 0 Å². The quantitative estimate of drug-likeness (QED) is 0.371. The zero-order chi connectivity index (χ0) is 0. The van der Waals surface area contributed by atoms with E-state index in [0.29, 0.717) is 0 Å². The van der Waals surface area contributed by atoms with E-state index >= 15 is 0 Å². The van der Waals surface area contributed by atoms with Gasteiger partial charge in [-0.2, -0.15) is 0 Å². The summed E-state index contributed by atoms with van der Waals surface area (Å²) in [6.45, 7) is 0. The fourth-order valence-electron chi connectivity index (χ4n) is 0. The Bertz CT molecular complexity index is 8.00. The van der Waals surface area contributed by atoms with Crippen molar-refractivity contribution in [2.75, 3.05) is 0 Å². The van der Waals surface area contributed by atoms with E-state index in [1.54, 1.807) is 0 Å². The molecular weight excluding hydrogens is 381 g/mol. The minimum absolute atomic E-state index is 0. The number of rotatable bonds is 0. The van der Waals surface area contributed by atoms with Gasteiger partial charge in [0.25, 0.3) is 0 Å². The van der Waals surface area contributed by atoms with Gasteiger partial charge in [0.05, 0.1) is 0 Å². The number of hydrogen-bond donors (Lipinski definition) is 0. The summed E-state index contributed by atoms with van der Waals surface area (Å²) in [6, 6.07) is 0. The van der Waals surface area contributed by atoms with Crippen molar-refractivity contribution < 1.29 is 0 Å². The van der Waals surface area contributed by atoms with Crippen LogP contribution in [0.2, 0.25) is 0 Å². The first kappa shape index (κ1) is 31.7. The molecule has 4 heteroatoms. The topological polar surface area (TPSA) is 0 Å². The van der Waals surface area contributed by atoms with Crippen molar-refractivity contribution in [2.45, 2.75) is 0 Å². The molecule has 24 valence electrons.